The summed E-state index contributed by atoms with van der Waals surface area (Å²) in [5.74, 6) is 0.820. The number of aliphatic imine (C=N–C) groups is 1. The first kappa shape index (κ1) is 12.4. The van der Waals surface area contributed by atoms with Crippen LogP contribution in [0.3, 0.4) is 0 Å². The molecule has 5 nitrogen and oxygen atoms in total. The summed E-state index contributed by atoms with van der Waals surface area (Å²) >= 11 is 0. The second kappa shape index (κ2) is 4.47. The molecule has 0 spiro atoms. The van der Waals surface area contributed by atoms with Gasteiger partial charge in [0.15, 0.2) is 5.96 Å². The fourth-order valence-electron chi connectivity index (χ4n) is 1.29. The maximum absolute atomic E-state index is 5.75. The molecule has 0 unspecified atom stereocenters. The quantitative estimate of drug-likeness (QED) is 0.558. The van der Waals surface area contributed by atoms with Gasteiger partial charge in [0.2, 0.25) is 5.95 Å². The van der Waals surface area contributed by atoms with Gasteiger partial charge in [-0.05, 0) is 40.7 Å². The number of hydrogen-bond acceptors (Lipinski definition) is 3. The lowest BCUT2D eigenvalue weighted by Gasteiger charge is -2.14. The number of aryl methyl sites for hydroxylation is 2. The van der Waals surface area contributed by atoms with Crippen molar-refractivity contribution in [2.24, 2.45) is 10.7 Å². The van der Waals surface area contributed by atoms with Gasteiger partial charge in [0.05, 0.1) is 5.54 Å². The molecule has 16 heavy (non-hydrogen) atoms. The number of nitrogens with two attached hydrogens (primary N) is 1. The van der Waals surface area contributed by atoms with Crippen LogP contribution in [-0.2, 0) is 0 Å². The molecule has 1 aromatic heterocycles. The molecule has 0 aliphatic rings. The Morgan fingerprint density at radius 2 is 1.75 bits per heavy atom. The van der Waals surface area contributed by atoms with Crippen LogP contribution in [0.5, 0.6) is 0 Å². The van der Waals surface area contributed by atoms with Crippen molar-refractivity contribution in [3.05, 3.63) is 17.5 Å². The summed E-state index contributed by atoms with van der Waals surface area (Å²) in [7, 11) is 0. The van der Waals surface area contributed by atoms with Crippen molar-refractivity contribution in [2.75, 3.05) is 5.32 Å². The van der Waals surface area contributed by atoms with E-state index in [4.69, 9.17) is 5.73 Å². The van der Waals surface area contributed by atoms with E-state index in [0.29, 0.717) is 11.9 Å². The Morgan fingerprint density at radius 3 is 2.19 bits per heavy atom. The van der Waals surface area contributed by atoms with E-state index < -0.39 is 0 Å². The van der Waals surface area contributed by atoms with Crippen molar-refractivity contribution < 1.29 is 0 Å². The number of aromatic nitrogens is 2. The molecule has 0 aromatic carbocycles. The van der Waals surface area contributed by atoms with Crippen molar-refractivity contribution in [2.45, 2.75) is 40.2 Å². The van der Waals surface area contributed by atoms with E-state index in [1.54, 1.807) is 0 Å². The lowest BCUT2D eigenvalue weighted by Crippen LogP contribution is -2.28. The summed E-state index contributed by atoms with van der Waals surface area (Å²) in [4.78, 5) is 12.7. The Labute approximate surface area is 96.2 Å². The molecule has 0 bridgehead atoms. The van der Waals surface area contributed by atoms with Crippen molar-refractivity contribution in [3.63, 3.8) is 0 Å². The third-order valence-electron chi connectivity index (χ3n) is 1.68. The van der Waals surface area contributed by atoms with Crippen molar-refractivity contribution >= 4 is 11.9 Å². The third-order valence-corrected chi connectivity index (χ3v) is 1.68. The average molecular weight is 221 g/mol. The maximum Gasteiger partial charge on any atom is 0.229 e. The number of guanidine groups is 1. The second-order valence-corrected chi connectivity index (χ2v) is 4.77. The Morgan fingerprint density at radius 1 is 1.25 bits per heavy atom. The van der Waals surface area contributed by atoms with E-state index in [9.17, 15) is 0 Å². The molecule has 88 valence electrons. The van der Waals surface area contributed by atoms with Crippen LogP contribution >= 0.6 is 0 Å². The first-order chi connectivity index (χ1) is 7.26. The SMILES string of the molecule is Cc1cc(C)nc(NC(N)=NC(C)(C)C)n1. The van der Waals surface area contributed by atoms with E-state index in [1.807, 2.05) is 40.7 Å². The zero-order valence-electron chi connectivity index (χ0n) is 10.5. The second-order valence-electron chi connectivity index (χ2n) is 4.77. The zero-order chi connectivity index (χ0) is 12.3. The minimum Gasteiger partial charge on any atom is -0.370 e. The first-order valence-electron chi connectivity index (χ1n) is 5.21. The highest BCUT2D eigenvalue weighted by Gasteiger charge is 2.09. The molecule has 1 rings (SSSR count). The number of nitrogens with one attached hydrogen (secondary N) is 1. The third kappa shape index (κ3) is 4.25. The maximum atomic E-state index is 5.75. The zero-order valence-corrected chi connectivity index (χ0v) is 10.5. The van der Waals surface area contributed by atoms with Crippen LogP contribution in [0.25, 0.3) is 0 Å². The van der Waals surface area contributed by atoms with Gasteiger partial charge in [-0.3, -0.25) is 5.32 Å². The number of hydrogen-bond donors (Lipinski definition) is 2. The van der Waals surface area contributed by atoms with Gasteiger partial charge in [-0.15, -0.1) is 0 Å². The normalized spacial score (nSPS) is 12.7. The van der Waals surface area contributed by atoms with Gasteiger partial charge >= 0.3 is 0 Å². The first-order valence-corrected chi connectivity index (χ1v) is 5.21. The molecule has 0 saturated heterocycles. The summed E-state index contributed by atoms with van der Waals surface area (Å²) in [5.41, 5.74) is 7.34. The van der Waals surface area contributed by atoms with Crippen LogP contribution in [0.2, 0.25) is 0 Å². The highest BCUT2D eigenvalue weighted by molar-refractivity contribution is 5.90. The van der Waals surface area contributed by atoms with Gasteiger partial charge in [-0.25, -0.2) is 15.0 Å². The molecule has 1 aromatic rings. The van der Waals surface area contributed by atoms with Crippen LogP contribution < -0.4 is 11.1 Å². The molecule has 0 aliphatic heterocycles. The number of nitrogens with zero attached hydrogens (tertiary/aromatic N) is 3. The Kier molecular flexibility index (Phi) is 3.47. The summed E-state index contributed by atoms with van der Waals surface area (Å²) < 4.78 is 0. The minimum absolute atomic E-state index is 0.212. The number of anilines is 1. The Hall–Kier alpha value is -1.65. The summed E-state index contributed by atoms with van der Waals surface area (Å²) in [6.45, 7) is 9.76. The fourth-order valence-corrected chi connectivity index (χ4v) is 1.29. The van der Waals surface area contributed by atoms with Gasteiger partial charge in [0.1, 0.15) is 0 Å². The predicted octanol–water partition coefficient (Wildman–Crippen LogP) is 1.62. The topological polar surface area (TPSA) is 76.2 Å². The standard InChI is InChI=1S/C11H19N5/c1-7-6-8(2)14-10(13-7)15-9(12)16-11(3,4)5/h6H,1-5H3,(H3,12,13,14,15,16). The van der Waals surface area contributed by atoms with E-state index in [0.717, 1.165) is 11.4 Å². The van der Waals surface area contributed by atoms with E-state index in [2.05, 4.69) is 20.3 Å². The van der Waals surface area contributed by atoms with Crippen LogP contribution in [0.1, 0.15) is 32.2 Å². The summed E-state index contributed by atoms with van der Waals surface area (Å²) in [5, 5.41) is 2.89. The predicted molar refractivity (Wildman–Crippen MR) is 66.5 cm³/mol. The Bertz CT molecular complexity index is 383. The monoisotopic (exact) mass is 221 g/mol. The van der Waals surface area contributed by atoms with E-state index in [1.165, 1.54) is 0 Å². The highest BCUT2D eigenvalue weighted by atomic mass is 15.2. The largest absolute Gasteiger partial charge is 0.370 e. The number of rotatable bonds is 1. The minimum atomic E-state index is -0.212. The molecule has 0 fully saturated rings. The lowest BCUT2D eigenvalue weighted by atomic mass is 10.1. The molecular weight excluding hydrogens is 202 g/mol. The molecular formula is C11H19N5. The molecule has 0 aliphatic carbocycles. The van der Waals surface area contributed by atoms with Crippen molar-refractivity contribution in [1.82, 2.24) is 9.97 Å². The van der Waals surface area contributed by atoms with Crippen molar-refractivity contribution in [1.29, 1.82) is 0 Å². The van der Waals surface area contributed by atoms with Gasteiger partial charge in [0, 0.05) is 11.4 Å². The Balaban J connectivity index is 2.85. The molecule has 5 heteroatoms. The van der Waals surface area contributed by atoms with Crippen LogP contribution in [-0.4, -0.2) is 21.5 Å². The van der Waals surface area contributed by atoms with Crippen LogP contribution in [0.4, 0.5) is 5.95 Å². The summed E-state index contributed by atoms with van der Waals surface area (Å²) in [6, 6.07) is 1.91. The average Bonchev–Trinajstić information content (AvgIpc) is 1.96. The van der Waals surface area contributed by atoms with Gasteiger partial charge < -0.3 is 5.73 Å². The van der Waals surface area contributed by atoms with Crippen LogP contribution in [0, 0.1) is 13.8 Å². The van der Waals surface area contributed by atoms with Crippen LogP contribution in [0.15, 0.2) is 11.1 Å². The molecule has 1 heterocycles. The summed E-state index contributed by atoms with van der Waals surface area (Å²) in [6.07, 6.45) is 0. The highest BCUT2D eigenvalue weighted by Crippen LogP contribution is 2.07. The molecule has 0 saturated carbocycles. The molecule has 0 atom stereocenters. The van der Waals surface area contributed by atoms with E-state index >= 15 is 0 Å². The molecule has 3 N–H and O–H groups in total. The van der Waals surface area contributed by atoms with Gasteiger partial charge in [-0.1, -0.05) is 0 Å². The van der Waals surface area contributed by atoms with Gasteiger partial charge in [-0.2, -0.15) is 0 Å². The van der Waals surface area contributed by atoms with E-state index in [-0.39, 0.29) is 5.54 Å². The molecule has 0 amide bonds. The lowest BCUT2D eigenvalue weighted by molar-refractivity contribution is 0.583. The molecule has 0 radical (unpaired) electrons. The smallest absolute Gasteiger partial charge is 0.229 e. The van der Waals surface area contributed by atoms with Crippen molar-refractivity contribution in [3.8, 4) is 0 Å². The van der Waals surface area contributed by atoms with Gasteiger partial charge in [0.25, 0.3) is 0 Å². The fraction of sp³-hybridized carbons (Fsp3) is 0.545.